The predicted molar refractivity (Wildman–Crippen MR) is 93.1 cm³/mol. The third-order valence-electron chi connectivity index (χ3n) is 4.08. The van der Waals surface area contributed by atoms with Crippen LogP contribution in [-0.4, -0.2) is 77.5 Å². The lowest BCUT2D eigenvalue weighted by Crippen LogP contribution is -2.33. The summed E-state index contributed by atoms with van der Waals surface area (Å²) >= 11 is 0. The Hall–Kier alpha value is -1.47. The molecule has 16 heteroatoms. The zero-order valence-electron chi connectivity index (χ0n) is 14.5. The molecule has 2 aromatic heterocycles. The Labute approximate surface area is 158 Å². The fourth-order valence-electron chi connectivity index (χ4n) is 2.67. The second-order valence-electron chi connectivity index (χ2n) is 6.02. The molecule has 1 aliphatic rings. The van der Waals surface area contributed by atoms with Crippen molar-refractivity contribution in [3.05, 3.63) is 12.7 Å². The zero-order valence-corrected chi connectivity index (χ0v) is 16.3. The van der Waals surface area contributed by atoms with E-state index < -0.39 is 52.2 Å². The highest BCUT2D eigenvalue weighted by atomic mass is 31.2. The highest BCUT2D eigenvalue weighted by Crippen LogP contribution is 2.58. The molecule has 6 unspecified atom stereocenters. The third kappa shape index (κ3) is 4.25. The molecule has 0 bridgehead atoms. The number of hydrogen-bond acceptors (Lipinski definition) is 11. The molecule has 0 saturated carbocycles. The summed E-state index contributed by atoms with van der Waals surface area (Å²) in [6.07, 6.45) is -2.79. The van der Waals surface area contributed by atoms with E-state index in [1.807, 2.05) is 0 Å². The fourth-order valence-corrected chi connectivity index (χ4v) is 5.64. The highest BCUT2D eigenvalue weighted by molar-refractivity contribution is 7.70. The number of fused-ring (bicyclic) bond motifs is 1. The molecule has 6 N–H and O–H groups in total. The molecule has 0 spiro atoms. The number of ether oxygens (including phenoxy) is 1. The van der Waals surface area contributed by atoms with Gasteiger partial charge < -0.3 is 39.5 Å². The van der Waals surface area contributed by atoms with Gasteiger partial charge in [0.25, 0.3) is 0 Å². The van der Waals surface area contributed by atoms with E-state index in [2.05, 4.69) is 19.5 Å². The van der Waals surface area contributed by atoms with Gasteiger partial charge in [-0.15, -0.1) is 0 Å². The summed E-state index contributed by atoms with van der Waals surface area (Å²) in [7, 11) is -7.90. The van der Waals surface area contributed by atoms with E-state index in [0.717, 1.165) is 7.11 Å². The van der Waals surface area contributed by atoms with Gasteiger partial charge in [0, 0.05) is 7.11 Å². The first kappa shape index (κ1) is 21.2. The normalized spacial score (nSPS) is 29.6. The molecule has 0 aliphatic carbocycles. The summed E-state index contributed by atoms with van der Waals surface area (Å²) < 4.78 is 39.2. The number of anilines is 1. The molecular formula is C12H19N5O9P2. The van der Waals surface area contributed by atoms with Crippen LogP contribution in [0.25, 0.3) is 11.2 Å². The summed E-state index contributed by atoms with van der Waals surface area (Å²) in [5.74, 6) is -1.02. The van der Waals surface area contributed by atoms with E-state index in [0.29, 0.717) is 0 Å². The Morgan fingerprint density at radius 2 is 1.93 bits per heavy atom. The zero-order chi connectivity index (χ0) is 20.7. The minimum absolute atomic E-state index is 0.115. The number of nitrogens with zero attached hydrogens (tertiary/aromatic N) is 4. The molecule has 1 saturated heterocycles. The number of aromatic nitrogens is 4. The maximum absolute atomic E-state index is 11.9. The minimum Gasteiger partial charge on any atom is -0.387 e. The summed E-state index contributed by atoms with van der Waals surface area (Å²) in [6, 6.07) is 0. The van der Waals surface area contributed by atoms with Crippen LogP contribution in [0.1, 0.15) is 6.23 Å². The van der Waals surface area contributed by atoms with E-state index in [4.69, 9.17) is 15.0 Å². The minimum atomic E-state index is -4.52. The molecule has 0 radical (unpaired) electrons. The molecule has 1 aliphatic heterocycles. The van der Waals surface area contributed by atoms with Crippen LogP contribution in [0, 0.1) is 0 Å². The van der Waals surface area contributed by atoms with Crippen LogP contribution in [0.5, 0.6) is 0 Å². The van der Waals surface area contributed by atoms with Gasteiger partial charge in [-0.2, -0.15) is 0 Å². The Morgan fingerprint density at radius 1 is 1.21 bits per heavy atom. The van der Waals surface area contributed by atoms with Crippen LogP contribution < -0.4 is 5.73 Å². The Morgan fingerprint density at radius 3 is 2.61 bits per heavy atom. The van der Waals surface area contributed by atoms with Crippen molar-refractivity contribution in [3.63, 3.8) is 0 Å². The van der Waals surface area contributed by atoms with Crippen molar-refractivity contribution in [2.45, 2.75) is 24.5 Å². The van der Waals surface area contributed by atoms with Crippen molar-refractivity contribution < 1.29 is 42.9 Å². The van der Waals surface area contributed by atoms with Gasteiger partial charge in [-0.25, -0.2) is 15.0 Å². The summed E-state index contributed by atoms with van der Waals surface area (Å²) in [5, 5.41) is 20.5. The van der Waals surface area contributed by atoms with Crippen molar-refractivity contribution in [2.75, 3.05) is 25.4 Å². The molecule has 0 aromatic carbocycles. The Bertz CT molecular complexity index is 955. The first-order chi connectivity index (χ1) is 13.0. The van der Waals surface area contributed by atoms with E-state index >= 15 is 0 Å². The van der Waals surface area contributed by atoms with Crippen LogP contribution in [0.15, 0.2) is 12.7 Å². The average Bonchev–Trinajstić information content (AvgIpc) is 3.16. The van der Waals surface area contributed by atoms with Gasteiger partial charge in [0.05, 0.1) is 12.9 Å². The molecule has 3 heterocycles. The second-order valence-corrected chi connectivity index (χ2v) is 10.3. The number of hydrogen-bond donors (Lipinski definition) is 5. The van der Waals surface area contributed by atoms with Crippen molar-refractivity contribution >= 4 is 32.2 Å². The van der Waals surface area contributed by atoms with Crippen molar-refractivity contribution in [1.82, 2.24) is 19.5 Å². The van der Waals surface area contributed by atoms with Gasteiger partial charge in [-0.05, 0) is 0 Å². The van der Waals surface area contributed by atoms with E-state index in [1.54, 1.807) is 0 Å². The van der Waals surface area contributed by atoms with Crippen LogP contribution in [0.4, 0.5) is 5.82 Å². The van der Waals surface area contributed by atoms with Crippen molar-refractivity contribution in [1.29, 1.82) is 0 Å². The van der Waals surface area contributed by atoms with Gasteiger partial charge in [0.15, 0.2) is 23.6 Å². The Balaban J connectivity index is 1.73. The Kier molecular flexibility index (Phi) is 5.88. The predicted octanol–water partition coefficient (Wildman–Crippen LogP) is -0.981. The largest absolute Gasteiger partial charge is 0.387 e. The van der Waals surface area contributed by atoms with Crippen LogP contribution in [-0.2, 0) is 22.9 Å². The lowest BCUT2D eigenvalue weighted by Gasteiger charge is -2.19. The first-order valence-corrected chi connectivity index (χ1v) is 11.4. The first-order valence-electron chi connectivity index (χ1n) is 7.83. The van der Waals surface area contributed by atoms with Crippen LogP contribution >= 0.6 is 15.2 Å². The number of aliphatic hydroxyl groups excluding tert-OH is 2. The number of rotatable bonds is 7. The van der Waals surface area contributed by atoms with E-state index in [9.17, 15) is 29.1 Å². The van der Waals surface area contributed by atoms with Gasteiger partial charge in [0.2, 0.25) is 0 Å². The maximum Gasteiger partial charge on any atom is 0.340 e. The number of aliphatic hydroxyl groups is 2. The lowest BCUT2D eigenvalue weighted by molar-refractivity contribution is -0.0483. The van der Waals surface area contributed by atoms with Gasteiger partial charge >= 0.3 is 15.2 Å². The number of imidazole rings is 1. The van der Waals surface area contributed by atoms with Crippen LogP contribution in [0.2, 0.25) is 0 Å². The van der Waals surface area contributed by atoms with Gasteiger partial charge in [0.1, 0.15) is 30.2 Å². The monoisotopic (exact) mass is 439 g/mol. The van der Waals surface area contributed by atoms with E-state index in [1.165, 1.54) is 17.2 Å². The SMILES string of the molecule is COP(=O)(O)CP(=O)(O)OCC1OC(n2cnc3c(N)ncnc32)C(O)C1O. The third-order valence-corrected chi connectivity index (χ3v) is 8.06. The van der Waals surface area contributed by atoms with Gasteiger partial charge in [-0.1, -0.05) is 0 Å². The molecule has 1 fully saturated rings. The van der Waals surface area contributed by atoms with Crippen LogP contribution in [0.3, 0.4) is 0 Å². The maximum atomic E-state index is 11.9. The second kappa shape index (κ2) is 7.75. The highest BCUT2D eigenvalue weighted by Gasteiger charge is 2.45. The smallest absolute Gasteiger partial charge is 0.340 e. The molecule has 2 aromatic rings. The molecule has 3 rings (SSSR count). The lowest BCUT2D eigenvalue weighted by atomic mass is 10.1. The summed E-state index contributed by atoms with van der Waals surface area (Å²) in [4.78, 5) is 30.8. The van der Waals surface area contributed by atoms with Crippen molar-refractivity contribution in [3.8, 4) is 0 Å². The van der Waals surface area contributed by atoms with E-state index in [-0.39, 0.29) is 17.0 Å². The fraction of sp³-hybridized carbons (Fsp3) is 0.583. The standard InChI is InChI=1S/C12H19N5O9P2/c1-24-27(20,21)5-28(22,23)25-2-6-8(18)9(19)12(26-6)17-4-16-7-10(13)14-3-15-11(7)17/h3-4,6,8-9,12,18-19H,2,5H2,1H3,(H,20,21)(H,22,23)(H2,13,14,15). The summed E-state index contributed by atoms with van der Waals surface area (Å²) in [5.41, 5.74) is 6.22. The molecule has 6 atom stereocenters. The number of nitrogens with two attached hydrogens (primary N) is 1. The molecule has 14 nitrogen and oxygen atoms in total. The molecule has 28 heavy (non-hydrogen) atoms. The topological polar surface area (TPSA) is 212 Å². The van der Waals surface area contributed by atoms with Crippen molar-refractivity contribution in [2.24, 2.45) is 0 Å². The van der Waals surface area contributed by atoms with Gasteiger partial charge in [-0.3, -0.25) is 13.7 Å². The quantitative estimate of drug-likeness (QED) is 0.329. The molecular weight excluding hydrogens is 420 g/mol. The molecule has 156 valence electrons. The number of nitrogen functional groups attached to an aromatic ring is 1. The molecule has 0 amide bonds. The average molecular weight is 439 g/mol. The summed E-state index contributed by atoms with van der Waals surface area (Å²) in [6.45, 7) is -0.629.